The first-order chi connectivity index (χ1) is 14.8. The molecular weight excluding hydrogens is 492 g/mol. The van der Waals surface area contributed by atoms with Crippen molar-refractivity contribution in [3.63, 3.8) is 0 Å². The smallest absolute Gasteiger partial charge is 0.311 e. The molecular formula is C21H20BrClN2O6. The fraction of sp³-hybridized carbons (Fsp3) is 0.286. The highest BCUT2D eigenvalue weighted by Crippen LogP contribution is 2.36. The standard InChI is InChI=1S/C21H20BrClN2O6/c1-29-14-4-6-18(30-2)17(9-14)25-10-12(7-20(25)27)21(28)31-11-19(26)24-16-5-3-13(22)8-15(16)23/h3-6,8-9,12H,7,10-11H2,1-2H3,(H,24,26)/t12-/m0/s1. The van der Waals surface area contributed by atoms with Crippen LogP contribution in [0.2, 0.25) is 5.02 Å². The van der Waals surface area contributed by atoms with Gasteiger partial charge in [0, 0.05) is 23.5 Å². The second-order valence-corrected chi connectivity index (χ2v) is 8.05. The summed E-state index contributed by atoms with van der Waals surface area (Å²) in [6.07, 6.45) is -0.0284. The second kappa shape index (κ2) is 10.0. The average molecular weight is 512 g/mol. The Morgan fingerprint density at radius 3 is 2.65 bits per heavy atom. The first kappa shape index (κ1) is 22.9. The van der Waals surface area contributed by atoms with Gasteiger partial charge in [0.15, 0.2) is 6.61 Å². The van der Waals surface area contributed by atoms with Gasteiger partial charge in [-0.1, -0.05) is 27.5 Å². The molecule has 0 bridgehead atoms. The third-order valence-electron chi connectivity index (χ3n) is 4.69. The lowest BCUT2D eigenvalue weighted by atomic mass is 10.1. The fourth-order valence-electron chi connectivity index (χ4n) is 3.14. The minimum Gasteiger partial charge on any atom is -0.497 e. The third kappa shape index (κ3) is 5.48. The van der Waals surface area contributed by atoms with Crippen molar-refractivity contribution in [3.05, 3.63) is 45.9 Å². The molecule has 10 heteroatoms. The Morgan fingerprint density at radius 2 is 1.97 bits per heavy atom. The SMILES string of the molecule is COc1ccc(OC)c(N2C[C@@H](C(=O)OCC(=O)Nc3ccc(Br)cc3Cl)CC2=O)c1. The normalized spacial score (nSPS) is 15.5. The minimum atomic E-state index is -0.701. The molecule has 0 aliphatic carbocycles. The van der Waals surface area contributed by atoms with Crippen LogP contribution in [0.4, 0.5) is 11.4 Å². The Balaban J connectivity index is 1.60. The van der Waals surface area contributed by atoms with E-state index in [1.807, 2.05) is 0 Å². The number of halogens is 2. The number of esters is 1. The van der Waals surface area contributed by atoms with Gasteiger partial charge < -0.3 is 24.4 Å². The van der Waals surface area contributed by atoms with Gasteiger partial charge in [-0.25, -0.2) is 0 Å². The van der Waals surface area contributed by atoms with E-state index in [4.69, 9.17) is 25.8 Å². The average Bonchev–Trinajstić information content (AvgIpc) is 3.15. The lowest BCUT2D eigenvalue weighted by Crippen LogP contribution is -2.28. The highest BCUT2D eigenvalue weighted by atomic mass is 79.9. The molecule has 0 radical (unpaired) electrons. The van der Waals surface area contributed by atoms with Gasteiger partial charge in [0.1, 0.15) is 11.5 Å². The van der Waals surface area contributed by atoms with Gasteiger partial charge in [-0.3, -0.25) is 14.4 Å². The lowest BCUT2D eigenvalue weighted by Gasteiger charge is -2.20. The molecule has 1 fully saturated rings. The maximum atomic E-state index is 12.5. The van der Waals surface area contributed by atoms with E-state index in [0.717, 1.165) is 4.47 Å². The van der Waals surface area contributed by atoms with Gasteiger partial charge in [-0.05, 0) is 30.3 Å². The van der Waals surface area contributed by atoms with E-state index in [1.165, 1.54) is 19.1 Å². The fourth-order valence-corrected chi connectivity index (χ4v) is 3.86. The van der Waals surface area contributed by atoms with Crippen molar-refractivity contribution in [1.82, 2.24) is 0 Å². The number of hydrogen-bond donors (Lipinski definition) is 1. The summed E-state index contributed by atoms with van der Waals surface area (Å²) in [5, 5.41) is 2.92. The van der Waals surface area contributed by atoms with Crippen LogP contribution in [0.25, 0.3) is 0 Å². The molecule has 3 rings (SSSR count). The molecule has 1 N–H and O–H groups in total. The predicted molar refractivity (Wildman–Crippen MR) is 119 cm³/mol. The number of anilines is 2. The van der Waals surface area contributed by atoms with E-state index < -0.39 is 24.4 Å². The first-order valence-electron chi connectivity index (χ1n) is 9.26. The minimum absolute atomic E-state index is 0.0284. The van der Waals surface area contributed by atoms with Crippen LogP contribution >= 0.6 is 27.5 Å². The third-order valence-corrected chi connectivity index (χ3v) is 5.49. The maximum absolute atomic E-state index is 12.5. The molecule has 1 aliphatic heterocycles. The summed E-state index contributed by atoms with van der Waals surface area (Å²) in [5.74, 6) is -1.08. The molecule has 1 saturated heterocycles. The maximum Gasteiger partial charge on any atom is 0.311 e. The van der Waals surface area contributed by atoms with Crippen LogP contribution in [-0.4, -0.2) is 45.2 Å². The van der Waals surface area contributed by atoms with Crippen molar-refractivity contribution in [3.8, 4) is 11.5 Å². The largest absolute Gasteiger partial charge is 0.497 e. The summed E-state index contributed by atoms with van der Waals surface area (Å²) in [6, 6.07) is 10.0. The summed E-state index contributed by atoms with van der Waals surface area (Å²) in [5.41, 5.74) is 0.906. The van der Waals surface area contributed by atoms with Crippen molar-refractivity contribution in [2.75, 3.05) is 37.6 Å². The van der Waals surface area contributed by atoms with Gasteiger partial charge in [0.2, 0.25) is 5.91 Å². The Labute approximate surface area is 192 Å². The number of nitrogens with one attached hydrogen (secondary N) is 1. The molecule has 31 heavy (non-hydrogen) atoms. The molecule has 1 aliphatic rings. The zero-order valence-electron chi connectivity index (χ0n) is 16.8. The zero-order valence-corrected chi connectivity index (χ0v) is 19.2. The molecule has 8 nitrogen and oxygen atoms in total. The van der Waals surface area contributed by atoms with Gasteiger partial charge in [-0.15, -0.1) is 0 Å². The molecule has 2 aromatic carbocycles. The quantitative estimate of drug-likeness (QED) is 0.570. The molecule has 2 aromatic rings. The molecule has 0 saturated carbocycles. The van der Waals surface area contributed by atoms with Crippen LogP contribution in [0.5, 0.6) is 11.5 Å². The summed E-state index contributed by atoms with van der Waals surface area (Å²) >= 11 is 9.34. The number of nitrogens with zero attached hydrogens (tertiary/aromatic N) is 1. The number of carbonyl (C=O) groups is 3. The number of rotatable bonds is 7. The highest BCUT2D eigenvalue weighted by Gasteiger charge is 2.37. The van der Waals surface area contributed by atoms with Crippen LogP contribution in [0, 0.1) is 5.92 Å². The zero-order chi connectivity index (χ0) is 22.5. The van der Waals surface area contributed by atoms with Crippen molar-refractivity contribution in [2.45, 2.75) is 6.42 Å². The van der Waals surface area contributed by atoms with Gasteiger partial charge >= 0.3 is 5.97 Å². The first-order valence-corrected chi connectivity index (χ1v) is 10.4. The van der Waals surface area contributed by atoms with E-state index >= 15 is 0 Å². The molecule has 2 amide bonds. The Hall–Kier alpha value is -2.78. The Kier molecular flexibility index (Phi) is 7.40. The molecule has 0 unspecified atom stereocenters. The number of carbonyl (C=O) groups excluding carboxylic acids is 3. The van der Waals surface area contributed by atoms with Crippen molar-refractivity contribution in [1.29, 1.82) is 0 Å². The number of amides is 2. The summed E-state index contributed by atoms with van der Waals surface area (Å²) in [6.45, 7) is -0.375. The Bertz CT molecular complexity index is 1020. The molecule has 0 spiro atoms. The molecule has 1 heterocycles. The van der Waals surface area contributed by atoms with Crippen molar-refractivity contribution >= 4 is 56.7 Å². The number of hydrogen-bond acceptors (Lipinski definition) is 6. The molecule has 1 atom stereocenters. The van der Waals surface area contributed by atoms with E-state index in [9.17, 15) is 14.4 Å². The lowest BCUT2D eigenvalue weighted by molar-refractivity contribution is -0.151. The monoisotopic (exact) mass is 510 g/mol. The number of ether oxygens (including phenoxy) is 3. The van der Waals surface area contributed by atoms with Gasteiger partial charge in [0.05, 0.1) is 36.5 Å². The van der Waals surface area contributed by atoms with Crippen LogP contribution < -0.4 is 19.7 Å². The van der Waals surface area contributed by atoms with E-state index in [0.29, 0.717) is 27.9 Å². The van der Waals surface area contributed by atoms with E-state index in [2.05, 4.69) is 21.2 Å². The summed E-state index contributed by atoms with van der Waals surface area (Å²) < 4.78 is 16.4. The summed E-state index contributed by atoms with van der Waals surface area (Å²) in [7, 11) is 3.01. The highest BCUT2D eigenvalue weighted by molar-refractivity contribution is 9.10. The topological polar surface area (TPSA) is 94.2 Å². The van der Waals surface area contributed by atoms with Crippen LogP contribution in [-0.2, 0) is 19.1 Å². The van der Waals surface area contributed by atoms with Crippen LogP contribution in [0.3, 0.4) is 0 Å². The van der Waals surface area contributed by atoms with Crippen molar-refractivity contribution < 1.29 is 28.6 Å². The summed E-state index contributed by atoms with van der Waals surface area (Å²) in [4.78, 5) is 38.5. The van der Waals surface area contributed by atoms with Crippen LogP contribution in [0.15, 0.2) is 40.9 Å². The number of methoxy groups -OCH3 is 2. The Morgan fingerprint density at radius 1 is 1.19 bits per heavy atom. The van der Waals surface area contributed by atoms with Crippen molar-refractivity contribution in [2.24, 2.45) is 5.92 Å². The van der Waals surface area contributed by atoms with E-state index in [1.54, 1.807) is 36.4 Å². The predicted octanol–water partition coefficient (Wildman–Crippen LogP) is 3.65. The van der Waals surface area contributed by atoms with Gasteiger partial charge in [0.25, 0.3) is 5.91 Å². The van der Waals surface area contributed by atoms with Gasteiger partial charge in [-0.2, -0.15) is 0 Å². The van der Waals surface area contributed by atoms with Crippen LogP contribution in [0.1, 0.15) is 6.42 Å². The second-order valence-electron chi connectivity index (χ2n) is 6.72. The van der Waals surface area contributed by atoms with E-state index in [-0.39, 0.29) is 18.9 Å². The number of benzene rings is 2. The molecule has 0 aromatic heterocycles. The molecule has 164 valence electrons.